The van der Waals surface area contributed by atoms with Crippen molar-refractivity contribution in [2.45, 2.75) is 18.7 Å². The van der Waals surface area contributed by atoms with Gasteiger partial charge in [-0.05, 0) is 49.7 Å². The Hall–Kier alpha value is -0.800. The molecule has 0 aromatic heterocycles. The molecule has 0 aliphatic carbocycles. The number of hydrogen-bond donors (Lipinski definition) is 0. The highest BCUT2D eigenvalue weighted by Gasteiger charge is 2.13. The minimum absolute atomic E-state index is 0.220. The van der Waals surface area contributed by atoms with Crippen LogP contribution in [0.1, 0.15) is 18.4 Å². The van der Waals surface area contributed by atoms with Crippen molar-refractivity contribution in [2.75, 3.05) is 38.1 Å². The molecule has 18 heavy (non-hydrogen) atoms. The lowest BCUT2D eigenvalue weighted by molar-refractivity contribution is 0.346. The smallest absolute Gasteiger partial charge is 0.123 e. The fourth-order valence-electron chi connectivity index (χ4n) is 2.45. The molecule has 0 radical (unpaired) electrons. The Morgan fingerprint density at radius 3 is 2.72 bits per heavy atom. The van der Waals surface area contributed by atoms with Crippen LogP contribution in [0.5, 0.6) is 0 Å². The van der Waals surface area contributed by atoms with Crippen LogP contribution < -0.4 is 4.90 Å². The fourth-order valence-corrected chi connectivity index (χ4v) is 2.67. The van der Waals surface area contributed by atoms with E-state index in [-0.39, 0.29) is 5.82 Å². The third kappa shape index (κ3) is 3.36. The molecule has 1 aromatic rings. The van der Waals surface area contributed by atoms with Crippen molar-refractivity contribution >= 4 is 17.3 Å². The summed E-state index contributed by atoms with van der Waals surface area (Å²) in [5, 5.41) is 0. The van der Waals surface area contributed by atoms with Gasteiger partial charge >= 0.3 is 0 Å². The van der Waals surface area contributed by atoms with E-state index in [1.54, 1.807) is 0 Å². The molecule has 0 spiro atoms. The van der Waals surface area contributed by atoms with Gasteiger partial charge in [-0.3, -0.25) is 0 Å². The van der Waals surface area contributed by atoms with Crippen molar-refractivity contribution in [3.05, 3.63) is 29.6 Å². The first kappa shape index (κ1) is 13.6. The SMILES string of the molecule is CN(CCN1CCCC1)c1ccc(F)cc1CCl. The van der Waals surface area contributed by atoms with Gasteiger partial charge in [0.05, 0.1) is 0 Å². The van der Waals surface area contributed by atoms with Gasteiger partial charge in [-0.25, -0.2) is 4.39 Å². The van der Waals surface area contributed by atoms with Gasteiger partial charge in [-0.2, -0.15) is 0 Å². The number of rotatable bonds is 5. The van der Waals surface area contributed by atoms with Crippen LogP contribution in [-0.2, 0) is 5.88 Å². The summed E-state index contributed by atoms with van der Waals surface area (Å²) in [4.78, 5) is 4.63. The van der Waals surface area contributed by atoms with Gasteiger partial charge in [0, 0.05) is 31.7 Å². The second-order valence-corrected chi connectivity index (χ2v) is 5.14. The molecule has 0 unspecified atom stereocenters. The van der Waals surface area contributed by atoms with E-state index < -0.39 is 0 Å². The molecule has 0 bridgehead atoms. The molecule has 2 rings (SSSR count). The molecule has 0 atom stereocenters. The van der Waals surface area contributed by atoms with Crippen molar-refractivity contribution in [2.24, 2.45) is 0 Å². The summed E-state index contributed by atoms with van der Waals surface area (Å²) < 4.78 is 13.1. The molecule has 1 heterocycles. The van der Waals surface area contributed by atoms with Crippen LogP contribution in [0.2, 0.25) is 0 Å². The standard InChI is InChI=1S/C14H20ClFN2/c1-17(8-9-18-6-2-3-7-18)14-5-4-13(16)10-12(14)11-15/h4-5,10H,2-3,6-9,11H2,1H3. The monoisotopic (exact) mass is 270 g/mol. The Balaban J connectivity index is 1.96. The number of alkyl halides is 1. The normalized spacial score (nSPS) is 16.2. The topological polar surface area (TPSA) is 6.48 Å². The van der Waals surface area contributed by atoms with Crippen LogP contribution in [0.3, 0.4) is 0 Å². The van der Waals surface area contributed by atoms with Gasteiger partial charge in [0.1, 0.15) is 5.82 Å². The van der Waals surface area contributed by atoms with Crippen LogP contribution in [0, 0.1) is 5.82 Å². The van der Waals surface area contributed by atoms with Crippen LogP contribution in [0.4, 0.5) is 10.1 Å². The zero-order chi connectivity index (χ0) is 13.0. The molecule has 1 fully saturated rings. The molecule has 1 aromatic carbocycles. The zero-order valence-electron chi connectivity index (χ0n) is 10.8. The predicted molar refractivity (Wildman–Crippen MR) is 74.9 cm³/mol. The molecule has 0 amide bonds. The van der Waals surface area contributed by atoms with E-state index in [2.05, 4.69) is 9.80 Å². The minimum Gasteiger partial charge on any atom is -0.373 e. The van der Waals surface area contributed by atoms with Gasteiger partial charge in [-0.1, -0.05) is 0 Å². The average Bonchev–Trinajstić information content (AvgIpc) is 2.88. The van der Waals surface area contributed by atoms with Crippen LogP contribution in [0.25, 0.3) is 0 Å². The quantitative estimate of drug-likeness (QED) is 0.759. The highest BCUT2D eigenvalue weighted by Crippen LogP contribution is 2.22. The Morgan fingerprint density at radius 2 is 2.06 bits per heavy atom. The zero-order valence-corrected chi connectivity index (χ0v) is 11.6. The van der Waals surface area contributed by atoms with Crippen molar-refractivity contribution in [1.29, 1.82) is 0 Å². The van der Waals surface area contributed by atoms with Crippen molar-refractivity contribution in [3.8, 4) is 0 Å². The number of halogens is 2. The average molecular weight is 271 g/mol. The highest BCUT2D eigenvalue weighted by molar-refractivity contribution is 6.17. The van der Waals surface area contributed by atoms with Crippen molar-refractivity contribution < 1.29 is 4.39 Å². The third-order valence-corrected chi connectivity index (χ3v) is 3.84. The van der Waals surface area contributed by atoms with Gasteiger partial charge in [-0.15, -0.1) is 11.6 Å². The summed E-state index contributed by atoms with van der Waals surface area (Å²) in [5.41, 5.74) is 1.89. The lowest BCUT2D eigenvalue weighted by Crippen LogP contribution is -2.31. The second-order valence-electron chi connectivity index (χ2n) is 4.88. The molecule has 1 aliphatic rings. The van der Waals surface area contributed by atoms with Crippen LogP contribution in [-0.4, -0.2) is 38.1 Å². The number of anilines is 1. The first-order chi connectivity index (χ1) is 8.70. The van der Waals surface area contributed by atoms with E-state index in [0.717, 1.165) is 24.3 Å². The molecular formula is C14H20ClFN2. The molecule has 4 heteroatoms. The minimum atomic E-state index is -0.220. The maximum Gasteiger partial charge on any atom is 0.123 e. The molecule has 100 valence electrons. The first-order valence-corrected chi connectivity index (χ1v) is 7.02. The Bertz CT molecular complexity index is 391. The maximum atomic E-state index is 13.1. The van der Waals surface area contributed by atoms with Crippen molar-refractivity contribution in [3.63, 3.8) is 0 Å². The van der Waals surface area contributed by atoms with Crippen LogP contribution in [0.15, 0.2) is 18.2 Å². The summed E-state index contributed by atoms with van der Waals surface area (Å²) in [6, 6.07) is 4.84. The Kier molecular flexibility index (Phi) is 4.84. The van der Waals surface area contributed by atoms with Crippen LogP contribution >= 0.6 is 11.6 Å². The van der Waals surface area contributed by atoms with Gasteiger partial charge < -0.3 is 9.80 Å². The van der Waals surface area contributed by atoms with E-state index in [1.807, 2.05) is 13.1 Å². The number of hydrogen-bond acceptors (Lipinski definition) is 2. The lowest BCUT2D eigenvalue weighted by Gasteiger charge is -2.25. The summed E-state index contributed by atoms with van der Waals surface area (Å²) in [7, 11) is 2.04. The van der Waals surface area contributed by atoms with E-state index >= 15 is 0 Å². The number of likely N-dealkylation sites (N-methyl/N-ethyl adjacent to an activating group) is 1. The second kappa shape index (κ2) is 6.39. The summed E-state index contributed by atoms with van der Waals surface area (Å²) in [6.45, 7) is 4.43. The van der Waals surface area contributed by atoms with Crippen molar-refractivity contribution in [1.82, 2.24) is 4.90 Å². The number of benzene rings is 1. The molecule has 1 aliphatic heterocycles. The van der Waals surface area contributed by atoms with E-state index in [0.29, 0.717) is 5.88 Å². The fraction of sp³-hybridized carbons (Fsp3) is 0.571. The van der Waals surface area contributed by atoms with E-state index in [1.165, 1.54) is 38.1 Å². The van der Waals surface area contributed by atoms with Gasteiger partial charge in [0.2, 0.25) is 0 Å². The molecule has 1 saturated heterocycles. The first-order valence-electron chi connectivity index (χ1n) is 6.48. The Labute approximate surface area is 113 Å². The number of nitrogens with zero attached hydrogens (tertiary/aromatic N) is 2. The highest BCUT2D eigenvalue weighted by atomic mass is 35.5. The third-order valence-electron chi connectivity index (χ3n) is 3.55. The number of likely N-dealkylation sites (tertiary alicyclic amines) is 1. The molecule has 0 N–H and O–H groups in total. The van der Waals surface area contributed by atoms with E-state index in [4.69, 9.17) is 11.6 Å². The predicted octanol–water partition coefficient (Wildman–Crippen LogP) is 3.10. The summed E-state index contributed by atoms with van der Waals surface area (Å²) in [5.74, 6) is 0.128. The molecule has 0 saturated carbocycles. The van der Waals surface area contributed by atoms with Gasteiger partial charge in [0.15, 0.2) is 0 Å². The lowest BCUT2D eigenvalue weighted by atomic mass is 10.2. The largest absolute Gasteiger partial charge is 0.373 e. The summed E-state index contributed by atoms with van der Waals surface area (Å²) >= 11 is 5.87. The molecular weight excluding hydrogens is 251 g/mol. The molecule has 2 nitrogen and oxygen atoms in total. The van der Waals surface area contributed by atoms with Gasteiger partial charge in [0.25, 0.3) is 0 Å². The summed E-state index contributed by atoms with van der Waals surface area (Å²) in [6.07, 6.45) is 2.63. The Morgan fingerprint density at radius 1 is 1.33 bits per heavy atom. The van der Waals surface area contributed by atoms with E-state index in [9.17, 15) is 4.39 Å². The maximum absolute atomic E-state index is 13.1.